The zero-order valence-electron chi connectivity index (χ0n) is 8.46. The first-order chi connectivity index (χ1) is 7.08. The monoisotopic (exact) mass is 208 g/mol. The van der Waals surface area contributed by atoms with Crippen LogP contribution in [0.2, 0.25) is 0 Å². The van der Waals surface area contributed by atoms with Crippen molar-refractivity contribution >= 4 is 11.6 Å². The molecule has 0 spiro atoms. The Morgan fingerprint density at radius 1 is 1.60 bits per heavy atom. The number of hydrogen-bond donors (Lipinski definition) is 2. The van der Waals surface area contributed by atoms with Crippen LogP contribution in [-0.2, 0) is 4.79 Å². The van der Waals surface area contributed by atoms with E-state index in [-0.39, 0.29) is 23.6 Å². The molecule has 0 saturated heterocycles. The first-order valence-electron chi connectivity index (χ1n) is 4.90. The Kier molecular flexibility index (Phi) is 2.44. The van der Waals surface area contributed by atoms with Crippen molar-refractivity contribution in [3.63, 3.8) is 0 Å². The summed E-state index contributed by atoms with van der Waals surface area (Å²) in [5, 5.41) is 2.54. The van der Waals surface area contributed by atoms with Crippen molar-refractivity contribution in [3.05, 3.63) is 29.6 Å². The van der Waals surface area contributed by atoms with Gasteiger partial charge in [-0.2, -0.15) is 0 Å². The van der Waals surface area contributed by atoms with Crippen molar-refractivity contribution in [2.45, 2.75) is 19.4 Å². The highest BCUT2D eigenvalue weighted by molar-refractivity contribution is 5.95. The lowest BCUT2D eigenvalue weighted by Gasteiger charge is -2.06. The molecule has 2 rings (SSSR count). The van der Waals surface area contributed by atoms with Gasteiger partial charge in [0.15, 0.2) is 0 Å². The average molecular weight is 208 g/mol. The number of nitrogens with two attached hydrogens (primary N) is 1. The fourth-order valence-corrected chi connectivity index (χ4v) is 1.46. The van der Waals surface area contributed by atoms with Crippen molar-refractivity contribution in [2.24, 2.45) is 11.7 Å². The van der Waals surface area contributed by atoms with Gasteiger partial charge in [-0.1, -0.05) is 6.07 Å². The summed E-state index contributed by atoms with van der Waals surface area (Å²) < 4.78 is 13.3. The zero-order valence-corrected chi connectivity index (χ0v) is 8.46. The van der Waals surface area contributed by atoms with Gasteiger partial charge < -0.3 is 11.1 Å². The molecule has 1 aromatic rings. The Balaban J connectivity index is 2.07. The third-order valence-electron chi connectivity index (χ3n) is 2.56. The van der Waals surface area contributed by atoms with Gasteiger partial charge >= 0.3 is 0 Å². The van der Waals surface area contributed by atoms with Gasteiger partial charge in [-0.05, 0) is 31.0 Å². The molecule has 3 nitrogen and oxygen atoms in total. The number of halogens is 1. The molecule has 3 N–H and O–H groups in total. The molecule has 1 aliphatic carbocycles. The summed E-state index contributed by atoms with van der Waals surface area (Å²) >= 11 is 0. The molecule has 0 radical (unpaired) electrons. The molecule has 1 fully saturated rings. The quantitative estimate of drug-likeness (QED) is 0.772. The maximum atomic E-state index is 13.3. The minimum atomic E-state index is -0.405. The van der Waals surface area contributed by atoms with Gasteiger partial charge in [-0.3, -0.25) is 4.79 Å². The summed E-state index contributed by atoms with van der Waals surface area (Å²) in [5.41, 5.74) is 6.58. The standard InChI is InChI=1S/C11H13FN2O/c1-6-2-3-10(8(12)4-6)14-11(15)7-5-9(7)13/h2-4,7,9H,5,13H2,1H3,(H,14,15). The average Bonchev–Trinajstić information content (AvgIpc) is 2.88. The predicted molar refractivity (Wildman–Crippen MR) is 55.8 cm³/mol. The molecular formula is C11H13FN2O. The van der Waals surface area contributed by atoms with E-state index in [0.29, 0.717) is 6.42 Å². The van der Waals surface area contributed by atoms with Crippen LogP contribution in [0.5, 0.6) is 0 Å². The van der Waals surface area contributed by atoms with E-state index < -0.39 is 5.82 Å². The minimum absolute atomic E-state index is 0.0569. The predicted octanol–water partition coefficient (Wildman–Crippen LogP) is 1.42. The highest BCUT2D eigenvalue weighted by Gasteiger charge is 2.40. The lowest BCUT2D eigenvalue weighted by molar-refractivity contribution is -0.117. The number of carbonyl (C=O) groups is 1. The Morgan fingerprint density at radius 3 is 2.80 bits per heavy atom. The minimum Gasteiger partial charge on any atom is -0.327 e. The van der Waals surface area contributed by atoms with Crippen molar-refractivity contribution in [2.75, 3.05) is 5.32 Å². The van der Waals surface area contributed by atoms with Crippen LogP contribution in [0.3, 0.4) is 0 Å². The number of hydrogen-bond acceptors (Lipinski definition) is 2. The summed E-state index contributed by atoms with van der Waals surface area (Å²) in [5.74, 6) is -0.742. The van der Waals surface area contributed by atoms with Gasteiger partial charge in [0.1, 0.15) is 5.82 Å². The summed E-state index contributed by atoms with van der Waals surface area (Å²) in [6.45, 7) is 1.80. The molecule has 2 unspecified atom stereocenters. The normalized spacial score (nSPS) is 23.7. The van der Waals surface area contributed by atoms with Gasteiger partial charge in [0.2, 0.25) is 5.91 Å². The molecule has 1 amide bonds. The second-order valence-electron chi connectivity index (χ2n) is 3.98. The van der Waals surface area contributed by atoms with Gasteiger partial charge in [-0.15, -0.1) is 0 Å². The molecule has 0 bridgehead atoms. The number of anilines is 1. The van der Waals surface area contributed by atoms with E-state index in [4.69, 9.17) is 5.73 Å². The Hall–Kier alpha value is -1.42. The topological polar surface area (TPSA) is 55.1 Å². The van der Waals surface area contributed by atoms with Crippen LogP contribution in [0.4, 0.5) is 10.1 Å². The fourth-order valence-electron chi connectivity index (χ4n) is 1.46. The second kappa shape index (κ2) is 3.62. The smallest absolute Gasteiger partial charge is 0.229 e. The van der Waals surface area contributed by atoms with Crippen molar-refractivity contribution in [1.82, 2.24) is 0 Å². The fraction of sp³-hybridized carbons (Fsp3) is 0.364. The molecule has 0 aromatic heterocycles. The maximum absolute atomic E-state index is 13.3. The molecule has 0 heterocycles. The first-order valence-corrected chi connectivity index (χ1v) is 4.90. The van der Waals surface area contributed by atoms with Gasteiger partial charge in [0, 0.05) is 6.04 Å². The molecular weight excluding hydrogens is 195 g/mol. The second-order valence-corrected chi connectivity index (χ2v) is 3.98. The van der Waals surface area contributed by atoms with E-state index in [2.05, 4.69) is 5.32 Å². The van der Waals surface area contributed by atoms with E-state index in [9.17, 15) is 9.18 Å². The summed E-state index contributed by atoms with van der Waals surface area (Å²) in [6, 6.07) is 4.66. The van der Waals surface area contributed by atoms with Gasteiger partial charge in [-0.25, -0.2) is 4.39 Å². The third-order valence-corrected chi connectivity index (χ3v) is 2.56. The van der Waals surface area contributed by atoms with Crippen LogP contribution in [0.25, 0.3) is 0 Å². The van der Waals surface area contributed by atoms with Gasteiger partial charge in [0.25, 0.3) is 0 Å². The van der Waals surface area contributed by atoms with Crippen LogP contribution >= 0.6 is 0 Å². The summed E-state index contributed by atoms with van der Waals surface area (Å²) in [4.78, 5) is 11.5. The molecule has 15 heavy (non-hydrogen) atoms. The number of aryl methyl sites for hydroxylation is 1. The number of carbonyl (C=O) groups excluding carboxylic acids is 1. The molecule has 4 heteroatoms. The van der Waals surface area contributed by atoms with E-state index in [1.165, 1.54) is 6.07 Å². The Bertz CT molecular complexity index is 406. The van der Waals surface area contributed by atoms with Crippen LogP contribution in [0.15, 0.2) is 18.2 Å². The zero-order chi connectivity index (χ0) is 11.0. The lowest BCUT2D eigenvalue weighted by Crippen LogP contribution is -2.19. The highest BCUT2D eigenvalue weighted by atomic mass is 19.1. The molecule has 2 atom stereocenters. The van der Waals surface area contributed by atoms with Crippen molar-refractivity contribution in [3.8, 4) is 0 Å². The van der Waals surface area contributed by atoms with E-state index in [0.717, 1.165) is 5.56 Å². The molecule has 80 valence electrons. The highest BCUT2D eigenvalue weighted by Crippen LogP contribution is 2.29. The van der Waals surface area contributed by atoms with E-state index >= 15 is 0 Å². The van der Waals surface area contributed by atoms with Crippen LogP contribution in [0, 0.1) is 18.7 Å². The summed E-state index contributed by atoms with van der Waals surface area (Å²) in [6.07, 6.45) is 0.694. The van der Waals surface area contributed by atoms with Crippen LogP contribution < -0.4 is 11.1 Å². The van der Waals surface area contributed by atoms with E-state index in [1.807, 2.05) is 0 Å². The number of amides is 1. The SMILES string of the molecule is Cc1ccc(NC(=O)C2CC2N)c(F)c1. The molecule has 1 saturated carbocycles. The number of rotatable bonds is 2. The Morgan fingerprint density at radius 2 is 2.27 bits per heavy atom. The third kappa shape index (κ3) is 2.15. The van der Waals surface area contributed by atoms with Crippen molar-refractivity contribution in [1.29, 1.82) is 0 Å². The number of benzene rings is 1. The Labute approximate surface area is 87.5 Å². The first kappa shape index (κ1) is 10.1. The number of nitrogens with one attached hydrogen (secondary N) is 1. The van der Waals surface area contributed by atoms with E-state index in [1.54, 1.807) is 19.1 Å². The molecule has 0 aliphatic heterocycles. The maximum Gasteiger partial charge on any atom is 0.229 e. The van der Waals surface area contributed by atoms with Crippen LogP contribution in [-0.4, -0.2) is 11.9 Å². The summed E-state index contributed by atoms with van der Waals surface area (Å²) in [7, 11) is 0. The largest absolute Gasteiger partial charge is 0.327 e. The van der Waals surface area contributed by atoms with Crippen LogP contribution in [0.1, 0.15) is 12.0 Å². The molecule has 1 aromatic carbocycles. The van der Waals surface area contributed by atoms with Gasteiger partial charge in [0.05, 0.1) is 11.6 Å². The molecule has 1 aliphatic rings. The lowest BCUT2D eigenvalue weighted by atomic mass is 10.2. The van der Waals surface area contributed by atoms with Crippen molar-refractivity contribution < 1.29 is 9.18 Å².